The van der Waals surface area contributed by atoms with Crippen LogP contribution in [0.3, 0.4) is 0 Å². The third kappa shape index (κ3) is 3.80. The first-order chi connectivity index (χ1) is 13.6. The van der Waals surface area contributed by atoms with E-state index in [0.29, 0.717) is 23.5 Å². The number of hydrogen-bond acceptors (Lipinski definition) is 1. The zero-order valence-electron chi connectivity index (χ0n) is 14.5. The SMILES string of the molecule is FC(F)(F)c1cc(-n2cc[n+](-c3ccc4ccccc4n3)c2)cc(C(F)(F)F)c1. The van der Waals surface area contributed by atoms with Crippen LogP contribution in [-0.2, 0) is 12.4 Å². The first-order valence-electron chi connectivity index (χ1n) is 8.36. The van der Waals surface area contributed by atoms with Crippen molar-refractivity contribution in [1.82, 2.24) is 9.55 Å². The number of benzene rings is 2. The molecule has 0 N–H and O–H groups in total. The van der Waals surface area contributed by atoms with Crippen molar-refractivity contribution >= 4 is 10.9 Å². The van der Waals surface area contributed by atoms with Crippen LogP contribution in [0.15, 0.2) is 73.3 Å². The summed E-state index contributed by atoms with van der Waals surface area (Å²) in [6.45, 7) is 0. The topological polar surface area (TPSA) is 21.7 Å². The normalized spacial score (nSPS) is 12.5. The molecule has 0 atom stereocenters. The van der Waals surface area contributed by atoms with Crippen LogP contribution in [0.25, 0.3) is 22.4 Å². The molecule has 0 aliphatic rings. The highest BCUT2D eigenvalue weighted by Crippen LogP contribution is 2.37. The lowest BCUT2D eigenvalue weighted by molar-refractivity contribution is -0.598. The van der Waals surface area contributed by atoms with Crippen molar-refractivity contribution in [3.05, 3.63) is 84.4 Å². The van der Waals surface area contributed by atoms with E-state index in [4.69, 9.17) is 0 Å². The summed E-state index contributed by atoms with van der Waals surface area (Å²) in [4.78, 5) is 4.46. The predicted molar refractivity (Wildman–Crippen MR) is 92.6 cm³/mol. The van der Waals surface area contributed by atoms with Crippen molar-refractivity contribution in [1.29, 1.82) is 0 Å². The second-order valence-electron chi connectivity index (χ2n) is 6.35. The lowest BCUT2D eigenvalue weighted by Crippen LogP contribution is -2.28. The maximum absolute atomic E-state index is 13.1. The quantitative estimate of drug-likeness (QED) is 0.324. The molecule has 0 amide bonds. The fraction of sp³-hybridized carbons (Fsp3) is 0.100. The molecule has 0 radical (unpaired) electrons. The summed E-state index contributed by atoms with van der Waals surface area (Å²) >= 11 is 0. The van der Waals surface area contributed by atoms with Crippen molar-refractivity contribution < 1.29 is 30.9 Å². The van der Waals surface area contributed by atoms with E-state index in [-0.39, 0.29) is 11.8 Å². The van der Waals surface area contributed by atoms with Crippen LogP contribution in [-0.4, -0.2) is 9.55 Å². The molecule has 4 aromatic rings. The summed E-state index contributed by atoms with van der Waals surface area (Å²) in [6.07, 6.45) is -5.57. The Labute approximate surface area is 160 Å². The van der Waals surface area contributed by atoms with E-state index >= 15 is 0 Å². The smallest absolute Gasteiger partial charge is 0.236 e. The second kappa shape index (κ2) is 6.61. The Morgan fingerprint density at radius 1 is 0.793 bits per heavy atom. The molecule has 0 saturated carbocycles. The van der Waals surface area contributed by atoms with Gasteiger partial charge in [-0.2, -0.15) is 26.3 Å². The van der Waals surface area contributed by atoms with Gasteiger partial charge in [-0.05, 0) is 30.3 Å². The van der Waals surface area contributed by atoms with Gasteiger partial charge in [0.15, 0.2) is 6.33 Å². The number of pyridine rings is 1. The molecular weight excluding hydrogens is 396 g/mol. The van der Waals surface area contributed by atoms with Crippen molar-refractivity contribution in [3.63, 3.8) is 0 Å². The van der Waals surface area contributed by atoms with Gasteiger partial charge in [0.25, 0.3) is 5.82 Å². The van der Waals surface area contributed by atoms with Crippen LogP contribution in [0.2, 0.25) is 0 Å². The standard InChI is InChI=1S/C20H12F6N3/c21-19(22,23)14-9-15(20(24,25)26)11-16(10-14)28-7-8-29(12-28)18-6-5-13-3-1-2-4-17(13)27-18/h1-12H/q+1. The van der Waals surface area contributed by atoms with Crippen LogP contribution < -0.4 is 4.57 Å². The van der Waals surface area contributed by atoms with Crippen LogP contribution in [0.4, 0.5) is 26.3 Å². The minimum atomic E-state index is -4.90. The van der Waals surface area contributed by atoms with Crippen LogP contribution >= 0.6 is 0 Å². The number of halogens is 6. The number of rotatable bonds is 2. The van der Waals surface area contributed by atoms with E-state index in [2.05, 4.69) is 4.98 Å². The Morgan fingerprint density at radius 2 is 1.45 bits per heavy atom. The molecule has 0 saturated heterocycles. The van der Waals surface area contributed by atoms with Crippen LogP contribution in [0.1, 0.15) is 11.1 Å². The van der Waals surface area contributed by atoms with Crippen molar-refractivity contribution in [3.8, 4) is 11.5 Å². The highest BCUT2D eigenvalue weighted by Gasteiger charge is 2.37. The molecule has 0 fully saturated rings. The van der Waals surface area contributed by atoms with Gasteiger partial charge in [-0.15, -0.1) is 4.98 Å². The zero-order chi connectivity index (χ0) is 20.8. The molecule has 0 bridgehead atoms. The van der Waals surface area contributed by atoms with Crippen molar-refractivity contribution in [2.45, 2.75) is 12.4 Å². The highest BCUT2D eigenvalue weighted by molar-refractivity contribution is 5.78. The first-order valence-corrected chi connectivity index (χ1v) is 8.36. The lowest BCUT2D eigenvalue weighted by atomic mass is 10.1. The minimum Gasteiger partial charge on any atom is -0.236 e. The molecule has 29 heavy (non-hydrogen) atoms. The number of nitrogens with zero attached hydrogens (tertiary/aromatic N) is 3. The van der Waals surface area contributed by atoms with Gasteiger partial charge in [0.1, 0.15) is 17.4 Å². The van der Waals surface area contributed by atoms with Gasteiger partial charge >= 0.3 is 12.4 Å². The average Bonchev–Trinajstić information content (AvgIpc) is 3.16. The van der Waals surface area contributed by atoms with E-state index in [0.717, 1.165) is 5.39 Å². The molecule has 3 nitrogen and oxygen atoms in total. The molecule has 2 aromatic carbocycles. The summed E-state index contributed by atoms with van der Waals surface area (Å²) in [5, 5.41) is 0.906. The molecule has 0 aliphatic heterocycles. The largest absolute Gasteiger partial charge is 0.416 e. The molecular formula is C20H12F6N3+. The van der Waals surface area contributed by atoms with Gasteiger partial charge in [-0.3, -0.25) is 0 Å². The number of para-hydroxylation sites is 1. The molecule has 148 valence electrons. The Bertz CT molecular complexity index is 1160. The monoisotopic (exact) mass is 408 g/mol. The van der Waals surface area contributed by atoms with Crippen molar-refractivity contribution in [2.24, 2.45) is 0 Å². The Kier molecular flexibility index (Phi) is 4.33. The van der Waals surface area contributed by atoms with Gasteiger partial charge in [-0.25, -0.2) is 9.13 Å². The van der Waals surface area contributed by atoms with E-state index in [9.17, 15) is 26.3 Å². The van der Waals surface area contributed by atoms with Crippen LogP contribution in [0, 0.1) is 0 Å². The van der Waals surface area contributed by atoms with Crippen molar-refractivity contribution in [2.75, 3.05) is 0 Å². The Morgan fingerprint density at radius 3 is 2.10 bits per heavy atom. The summed E-state index contributed by atoms with van der Waals surface area (Å²) in [5.41, 5.74) is -2.28. The Balaban J connectivity index is 1.79. The average molecular weight is 408 g/mol. The molecule has 2 heterocycles. The lowest BCUT2D eigenvalue weighted by Gasteiger charge is -2.13. The summed E-state index contributed by atoms with van der Waals surface area (Å²) < 4.78 is 81.2. The summed E-state index contributed by atoms with van der Waals surface area (Å²) in [5.74, 6) is 0.477. The van der Waals surface area contributed by atoms with E-state index in [1.54, 1.807) is 12.1 Å². The van der Waals surface area contributed by atoms with Gasteiger partial charge in [-0.1, -0.05) is 18.2 Å². The van der Waals surface area contributed by atoms with Gasteiger partial charge in [0.2, 0.25) is 0 Å². The molecule has 9 heteroatoms. The molecule has 2 aromatic heterocycles. The number of alkyl halides is 6. The third-order valence-corrected chi connectivity index (χ3v) is 4.36. The molecule has 4 rings (SSSR count). The fourth-order valence-electron chi connectivity index (χ4n) is 2.93. The maximum atomic E-state index is 13.1. The van der Waals surface area contributed by atoms with E-state index < -0.39 is 23.5 Å². The zero-order valence-corrected chi connectivity index (χ0v) is 14.5. The van der Waals surface area contributed by atoms with Gasteiger partial charge in [0, 0.05) is 11.5 Å². The number of hydrogen-bond donors (Lipinski definition) is 0. The third-order valence-electron chi connectivity index (χ3n) is 4.36. The molecule has 0 aliphatic carbocycles. The minimum absolute atomic E-state index is 0.103. The maximum Gasteiger partial charge on any atom is 0.416 e. The summed E-state index contributed by atoms with van der Waals surface area (Å²) in [6, 6.07) is 12.3. The van der Waals surface area contributed by atoms with E-state index in [1.165, 1.54) is 27.9 Å². The first kappa shape index (κ1) is 19.0. The number of aromatic nitrogens is 3. The summed E-state index contributed by atoms with van der Waals surface area (Å²) in [7, 11) is 0. The highest BCUT2D eigenvalue weighted by atomic mass is 19.4. The second-order valence-corrected chi connectivity index (χ2v) is 6.35. The number of fused-ring (bicyclic) bond motifs is 1. The fourth-order valence-corrected chi connectivity index (χ4v) is 2.93. The molecule has 0 spiro atoms. The predicted octanol–water partition coefficient (Wildman–Crippen LogP) is 5.34. The number of imidazole rings is 1. The van der Waals surface area contributed by atoms with Gasteiger partial charge < -0.3 is 0 Å². The van der Waals surface area contributed by atoms with Gasteiger partial charge in [0.05, 0.1) is 17.3 Å². The Hall–Kier alpha value is -3.36. The van der Waals surface area contributed by atoms with Crippen LogP contribution in [0.5, 0.6) is 0 Å². The van der Waals surface area contributed by atoms with E-state index in [1.807, 2.05) is 24.3 Å². The molecule has 0 unspecified atom stereocenters.